The number of nitrogens with zero attached hydrogens (tertiary/aromatic N) is 1. The number of urea groups is 1. The number of anilines is 1. The molecule has 2 amide bonds. The van der Waals surface area contributed by atoms with Crippen molar-refractivity contribution in [3.05, 3.63) is 138 Å². The Hall–Kier alpha value is -4.08. The van der Waals surface area contributed by atoms with Crippen molar-refractivity contribution < 1.29 is 23.4 Å². The molecule has 236 valence electrons. The molecule has 8 heteroatoms. The minimum Gasteiger partial charge on any atom is -0.369 e. The van der Waals surface area contributed by atoms with Gasteiger partial charge in [-0.1, -0.05) is 97.9 Å². The quantitative estimate of drug-likeness (QED) is 0.164. The Kier molecular flexibility index (Phi) is 12.1. The highest BCUT2D eigenvalue weighted by molar-refractivity contribution is 5.89. The van der Waals surface area contributed by atoms with E-state index in [2.05, 4.69) is 34.6 Å². The van der Waals surface area contributed by atoms with Gasteiger partial charge in [0.1, 0.15) is 18.0 Å². The van der Waals surface area contributed by atoms with Crippen molar-refractivity contribution in [2.45, 2.75) is 57.5 Å². The first-order valence-corrected chi connectivity index (χ1v) is 15.6. The molecule has 4 aromatic rings. The van der Waals surface area contributed by atoms with Crippen molar-refractivity contribution in [1.82, 2.24) is 10.2 Å². The number of piperidine rings is 1. The second-order valence-electron chi connectivity index (χ2n) is 11.3. The second kappa shape index (κ2) is 16.8. The summed E-state index contributed by atoms with van der Waals surface area (Å²) in [4.78, 5) is 15.3. The Morgan fingerprint density at radius 1 is 0.733 bits per heavy atom. The largest absolute Gasteiger partial charge is 0.369 e. The minimum absolute atomic E-state index is 0.190. The Bertz CT molecular complexity index is 1430. The van der Waals surface area contributed by atoms with Crippen LogP contribution in [0.3, 0.4) is 0 Å². The van der Waals surface area contributed by atoms with Crippen LogP contribution in [0.2, 0.25) is 0 Å². The van der Waals surface area contributed by atoms with Crippen LogP contribution in [-0.4, -0.2) is 54.9 Å². The van der Waals surface area contributed by atoms with Gasteiger partial charge in [0.25, 0.3) is 0 Å². The molecule has 0 bridgehead atoms. The molecule has 0 aliphatic carbocycles. The number of carbonyl (C=O) groups is 1. The lowest BCUT2D eigenvalue weighted by molar-refractivity contribution is -0.202. The molecule has 1 heterocycles. The van der Waals surface area contributed by atoms with Crippen LogP contribution >= 0.6 is 0 Å². The van der Waals surface area contributed by atoms with Crippen molar-refractivity contribution in [3.63, 3.8) is 0 Å². The molecule has 0 radical (unpaired) electrons. The molecule has 0 aromatic heterocycles. The maximum Gasteiger partial charge on any atom is 0.319 e. The number of ether oxygens (including phenoxy) is 3. The Balaban J connectivity index is 1.39. The van der Waals surface area contributed by atoms with Crippen LogP contribution in [0, 0.1) is 5.82 Å². The summed E-state index contributed by atoms with van der Waals surface area (Å²) < 4.78 is 33.5. The number of amides is 2. The van der Waals surface area contributed by atoms with Crippen LogP contribution in [0.5, 0.6) is 0 Å². The fourth-order valence-corrected chi connectivity index (χ4v) is 5.67. The molecule has 45 heavy (non-hydrogen) atoms. The lowest BCUT2D eigenvalue weighted by Crippen LogP contribution is -2.66. The van der Waals surface area contributed by atoms with E-state index >= 15 is 0 Å². The molecule has 0 spiro atoms. The zero-order chi connectivity index (χ0) is 31.3. The third-order valence-electron chi connectivity index (χ3n) is 7.92. The molecule has 1 aliphatic rings. The predicted octanol–water partition coefficient (Wildman–Crippen LogP) is 6.80. The SMILES string of the molecule is CCCN1C[C@H](OCc2ccccc2)[C@H](OCc2ccccc2)[C@H](OCc2ccccc2)[C@H]1CNC(=O)Nc1ccc(F)cc1. The topological polar surface area (TPSA) is 72.1 Å². The number of likely N-dealkylation sites (tertiary alicyclic amines) is 1. The van der Waals surface area contributed by atoms with Crippen LogP contribution < -0.4 is 10.6 Å². The fourth-order valence-electron chi connectivity index (χ4n) is 5.67. The number of benzene rings is 4. The molecular weight excluding hydrogens is 569 g/mol. The molecule has 1 aliphatic heterocycles. The van der Waals surface area contributed by atoms with Gasteiger partial charge in [0, 0.05) is 18.8 Å². The van der Waals surface area contributed by atoms with Crippen molar-refractivity contribution >= 4 is 11.7 Å². The number of nitrogens with one attached hydrogen (secondary N) is 2. The number of hydrogen-bond donors (Lipinski definition) is 2. The second-order valence-corrected chi connectivity index (χ2v) is 11.3. The average molecular weight is 612 g/mol. The normalized spacial score (nSPS) is 20.0. The summed E-state index contributed by atoms with van der Waals surface area (Å²) in [7, 11) is 0. The van der Waals surface area contributed by atoms with E-state index in [0.717, 1.165) is 29.7 Å². The Morgan fingerprint density at radius 2 is 1.24 bits per heavy atom. The molecule has 1 saturated heterocycles. The molecule has 2 N–H and O–H groups in total. The van der Waals surface area contributed by atoms with Gasteiger partial charge in [-0.25, -0.2) is 9.18 Å². The first-order chi connectivity index (χ1) is 22.1. The summed E-state index contributed by atoms with van der Waals surface area (Å²) in [5.41, 5.74) is 3.71. The zero-order valence-corrected chi connectivity index (χ0v) is 25.7. The van der Waals surface area contributed by atoms with Crippen LogP contribution in [0.15, 0.2) is 115 Å². The van der Waals surface area contributed by atoms with E-state index in [4.69, 9.17) is 14.2 Å². The van der Waals surface area contributed by atoms with Gasteiger partial charge >= 0.3 is 6.03 Å². The van der Waals surface area contributed by atoms with Crippen molar-refractivity contribution in [1.29, 1.82) is 0 Å². The summed E-state index contributed by atoms with van der Waals surface area (Å²) in [6, 6.07) is 35.4. The number of carbonyl (C=O) groups excluding carboxylic acids is 1. The van der Waals surface area contributed by atoms with Gasteiger partial charge < -0.3 is 24.8 Å². The van der Waals surface area contributed by atoms with E-state index in [1.54, 1.807) is 0 Å². The maximum atomic E-state index is 13.4. The van der Waals surface area contributed by atoms with Crippen molar-refractivity contribution in [2.24, 2.45) is 0 Å². The molecule has 7 nitrogen and oxygen atoms in total. The van der Waals surface area contributed by atoms with Gasteiger partial charge in [-0.05, 0) is 53.9 Å². The Morgan fingerprint density at radius 3 is 1.78 bits per heavy atom. The summed E-state index contributed by atoms with van der Waals surface area (Å²) in [5, 5.41) is 5.84. The molecule has 4 aromatic carbocycles. The molecular formula is C37H42FN3O4. The predicted molar refractivity (Wildman–Crippen MR) is 174 cm³/mol. The standard InChI is InChI=1S/C37H42FN3O4/c1-2-22-41-24-34(43-25-28-12-6-3-7-13-28)36(45-27-30-16-10-5-11-17-30)35(44-26-29-14-8-4-9-15-29)33(41)23-39-37(42)40-32-20-18-31(38)19-21-32/h3-21,33-36H,2,22-27H2,1H3,(H2,39,40,42)/t33-,34+,35-,36+/m1/s1. The van der Waals surface area contributed by atoms with E-state index in [1.807, 2.05) is 78.9 Å². The maximum absolute atomic E-state index is 13.4. The average Bonchev–Trinajstić information content (AvgIpc) is 3.07. The van der Waals surface area contributed by atoms with Gasteiger partial charge in [0.2, 0.25) is 0 Å². The van der Waals surface area contributed by atoms with Gasteiger partial charge in [0.05, 0.1) is 32.0 Å². The van der Waals surface area contributed by atoms with Crippen LogP contribution in [0.25, 0.3) is 0 Å². The summed E-state index contributed by atoms with van der Waals surface area (Å²) >= 11 is 0. The highest BCUT2D eigenvalue weighted by atomic mass is 19.1. The van der Waals surface area contributed by atoms with Crippen LogP contribution in [0.1, 0.15) is 30.0 Å². The minimum atomic E-state index is -0.416. The summed E-state index contributed by atoms with van der Waals surface area (Å²) in [5.74, 6) is -0.359. The lowest BCUT2D eigenvalue weighted by atomic mass is 9.92. The van der Waals surface area contributed by atoms with E-state index in [1.165, 1.54) is 24.3 Å². The van der Waals surface area contributed by atoms with E-state index < -0.39 is 12.2 Å². The van der Waals surface area contributed by atoms with Gasteiger partial charge in [-0.2, -0.15) is 0 Å². The third kappa shape index (κ3) is 9.70. The van der Waals surface area contributed by atoms with Gasteiger partial charge in [-0.3, -0.25) is 4.90 Å². The molecule has 1 fully saturated rings. The van der Waals surface area contributed by atoms with Gasteiger partial charge in [-0.15, -0.1) is 0 Å². The fraction of sp³-hybridized carbons (Fsp3) is 0.324. The Labute approximate surface area is 265 Å². The highest BCUT2D eigenvalue weighted by Gasteiger charge is 2.45. The van der Waals surface area contributed by atoms with Crippen LogP contribution in [0.4, 0.5) is 14.9 Å². The van der Waals surface area contributed by atoms with Gasteiger partial charge in [0.15, 0.2) is 0 Å². The molecule has 4 atom stereocenters. The van der Waals surface area contributed by atoms with Crippen LogP contribution in [-0.2, 0) is 34.0 Å². The summed E-state index contributed by atoms with van der Waals surface area (Å²) in [6.07, 6.45) is -0.172. The third-order valence-corrected chi connectivity index (χ3v) is 7.92. The van der Waals surface area contributed by atoms with E-state index in [0.29, 0.717) is 38.6 Å². The van der Waals surface area contributed by atoms with Crippen molar-refractivity contribution in [2.75, 3.05) is 25.0 Å². The van der Waals surface area contributed by atoms with Crippen molar-refractivity contribution in [3.8, 4) is 0 Å². The lowest BCUT2D eigenvalue weighted by Gasteiger charge is -2.48. The zero-order valence-electron chi connectivity index (χ0n) is 25.7. The number of halogens is 1. The first kappa shape index (κ1) is 32.3. The number of rotatable bonds is 14. The van der Waals surface area contributed by atoms with E-state index in [-0.39, 0.29) is 24.0 Å². The number of hydrogen-bond acceptors (Lipinski definition) is 5. The first-order valence-electron chi connectivity index (χ1n) is 15.6. The molecule has 0 unspecified atom stereocenters. The summed E-state index contributed by atoms with van der Waals surface area (Å²) in [6.45, 7) is 5.13. The van der Waals surface area contributed by atoms with E-state index in [9.17, 15) is 9.18 Å². The highest BCUT2D eigenvalue weighted by Crippen LogP contribution is 2.29. The molecule has 5 rings (SSSR count). The monoisotopic (exact) mass is 611 g/mol. The smallest absolute Gasteiger partial charge is 0.319 e. The molecule has 0 saturated carbocycles.